The average molecular weight is 499 g/mol. The molecule has 2 aliphatic heterocycles. The van der Waals surface area contributed by atoms with E-state index in [9.17, 15) is 4.79 Å². The number of amides is 1. The number of nitrogens with zero attached hydrogens (tertiary/aromatic N) is 3. The first-order chi connectivity index (χ1) is 14.8. The smallest absolute Gasteiger partial charge is 0.234 e. The molecule has 0 unspecified atom stereocenters. The maximum absolute atomic E-state index is 12.7. The molecule has 2 aliphatic rings. The van der Waals surface area contributed by atoms with Gasteiger partial charge in [-0.3, -0.25) is 9.79 Å². The van der Waals surface area contributed by atoms with Crippen LogP contribution in [-0.4, -0.2) is 53.1 Å². The van der Waals surface area contributed by atoms with Crippen molar-refractivity contribution in [2.45, 2.75) is 32.4 Å². The number of anilines is 1. The second-order valence-corrected chi connectivity index (χ2v) is 10.1. The van der Waals surface area contributed by atoms with Gasteiger partial charge in [-0.05, 0) is 50.2 Å². The van der Waals surface area contributed by atoms with E-state index >= 15 is 0 Å². The highest BCUT2D eigenvalue weighted by Crippen LogP contribution is 2.35. The number of hydrogen-bond acceptors (Lipinski definition) is 5. The van der Waals surface area contributed by atoms with Gasteiger partial charge in [0.05, 0.1) is 11.5 Å². The number of nitrogens with one attached hydrogen (secondary N) is 1. The number of piperidine rings is 1. The highest BCUT2D eigenvalue weighted by Gasteiger charge is 2.39. The summed E-state index contributed by atoms with van der Waals surface area (Å²) in [5.74, 6) is 0.276. The lowest BCUT2D eigenvalue weighted by molar-refractivity contribution is -0.113. The van der Waals surface area contributed by atoms with Gasteiger partial charge < -0.3 is 10.2 Å². The summed E-state index contributed by atoms with van der Waals surface area (Å²) in [5, 5.41) is 3.91. The highest BCUT2D eigenvalue weighted by atomic mass is 79.9. The molecule has 7 heteroatoms. The summed E-state index contributed by atoms with van der Waals surface area (Å²) < 4.78 is 1.03. The molecule has 5 nitrogen and oxygen atoms in total. The van der Waals surface area contributed by atoms with Gasteiger partial charge in [0.1, 0.15) is 5.04 Å². The SMILES string of the molecule is Cc1cccc(NC(=O)CSC2=NC3(CCN(C)CC3)N=C2c2ccc(Br)cc2)c1C. The maximum atomic E-state index is 12.7. The zero-order valence-electron chi connectivity index (χ0n) is 18.1. The third-order valence-electron chi connectivity index (χ3n) is 5.96. The Bertz CT molecular complexity index is 1040. The predicted octanol–water partition coefficient (Wildman–Crippen LogP) is 5.06. The minimum atomic E-state index is -0.388. The van der Waals surface area contributed by atoms with Crippen LogP contribution in [0.4, 0.5) is 5.69 Å². The number of aliphatic imine (C=N–C) groups is 2. The number of benzene rings is 2. The topological polar surface area (TPSA) is 57.1 Å². The number of carbonyl (C=O) groups excluding carboxylic acids is 1. The molecule has 1 N–H and O–H groups in total. The summed E-state index contributed by atoms with van der Waals surface area (Å²) in [7, 11) is 2.14. The van der Waals surface area contributed by atoms with Crippen LogP contribution >= 0.6 is 27.7 Å². The van der Waals surface area contributed by atoms with E-state index in [0.717, 1.165) is 58.0 Å². The molecule has 4 rings (SSSR count). The van der Waals surface area contributed by atoms with Gasteiger partial charge >= 0.3 is 0 Å². The van der Waals surface area contributed by atoms with E-state index in [4.69, 9.17) is 9.98 Å². The molecular weight excluding hydrogens is 472 g/mol. The van der Waals surface area contributed by atoms with Crippen molar-refractivity contribution in [1.29, 1.82) is 0 Å². The number of aryl methyl sites for hydroxylation is 1. The minimum absolute atomic E-state index is 0.0270. The summed E-state index contributed by atoms with van der Waals surface area (Å²) in [6, 6.07) is 14.1. The van der Waals surface area contributed by atoms with Crippen molar-refractivity contribution >= 4 is 50.0 Å². The fourth-order valence-electron chi connectivity index (χ4n) is 3.83. The summed E-state index contributed by atoms with van der Waals surface area (Å²) in [5.41, 5.74) is 4.69. The molecule has 0 aliphatic carbocycles. The second kappa shape index (κ2) is 9.27. The number of thioether (sulfide) groups is 1. The van der Waals surface area contributed by atoms with Gasteiger partial charge in [-0.1, -0.05) is 52.0 Å². The monoisotopic (exact) mass is 498 g/mol. The van der Waals surface area contributed by atoms with Crippen LogP contribution in [0.3, 0.4) is 0 Å². The second-order valence-electron chi connectivity index (χ2n) is 8.25. The van der Waals surface area contributed by atoms with Gasteiger partial charge in [0, 0.05) is 41.7 Å². The zero-order valence-corrected chi connectivity index (χ0v) is 20.5. The Hall–Kier alpha value is -1.96. The average Bonchev–Trinajstić information content (AvgIpc) is 3.11. The molecule has 0 saturated carbocycles. The fourth-order valence-corrected chi connectivity index (χ4v) is 4.97. The molecule has 2 aromatic rings. The molecular formula is C24H27BrN4OS. The van der Waals surface area contributed by atoms with Gasteiger partial charge in [0.25, 0.3) is 0 Å². The van der Waals surface area contributed by atoms with E-state index in [2.05, 4.69) is 58.3 Å². The predicted molar refractivity (Wildman–Crippen MR) is 135 cm³/mol. The van der Waals surface area contributed by atoms with E-state index in [1.807, 2.05) is 31.2 Å². The van der Waals surface area contributed by atoms with E-state index in [1.54, 1.807) is 0 Å². The molecule has 162 valence electrons. The Morgan fingerprint density at radius 1 is 1.13 bits per heavy atom. The van der Waals surface area contributed by atoms with Crippen LogP contribution in [0.2, 0.25) is 0 Å². The van der Waals surface area contributed by atoms with Gasteiger partial charge in [0.2, 0.25) is 5.91 Å². The largest absolute Gasteiger partial charge is 0.325 e. The third kappa shape index (κ3) is 5.10. The van der Waals surface area contributed by atoms with Crippen LogP contribution in [-0.2, 0) is 4.79 Å². The molecule has 1 spiro atoms. The molecule has 0 radical (unpaired) electrons. The highest BCUT2D eigenvalue weighted by molar-refractivity contribution is 9.10. The lowest BCUT2D eigenvalue weighted by atomic mass is 9.99. The Kier molecular flexibility index (Phi) is 6.65. The van der Waals surface area contributed by atoms with Crippen LogP contribution in [0.1, 0.15) is 29.5 Å². The molecule has 1 fully saturated rings. The molecule has 0 atom stereocenters. The van der Waals surface area contributed by atoms with E-state index in [-0.39, 0.29) is 11.6 Å². The van der Waals surface area contributed by atoms with Crippen molar-refractivity contribution in [2.75, 3.05) is 31.2 Å². The normalized spacial score (nSPS) is 18.1. The zero-order chi connectivity index (χ0) is 22.0. The Labute approximate surface area is 196 Å². The van der Waals surface area contributed by atoms with Crippen molar-refractivity contribution in [3.8, 4) is 0 Å². The van der Waals surface area contributed by atoms with Crippen molar-refractivity contribution < 1.29 is 4.79 Å². The standard InChI is InChI=1S/C24H27BrN4OS/c1-16-5-4-6-20(17(16)2)26-21(30)15-31-23-22(18-7-9-19(25)10-8-18)27-24(28-23)11-13-29(3)14-12-24/h4-10H,11-15H2,1-3H3,(H,26,30). The van der Waals surface area contributed by atoms with Crippen LogP contribution in [0, 0.1) is 13.8 Å². The molecule has 1 amide bonds. The number of rotatable bonds is 4. The summed E-state index contributed by atoms with van der Waals surface area (Å²) in [6.07, 6.45) is 1.81. The quantitative estimate of drug-likeness (QED) is 0.640. The van der Waals surface area contributed by atoms with Gasteiger partial charge in [-0.2, -0.15) is 0 Å². The summed E-state index contributed by atoms with van der Waals surface area (Å²) >= 11 is 4.98. The lowest BCUT2D eigenvalue weighted by Gasteiger charge is -2.33. The summed E-state index contributed by atoms with van der Waals surface area (Å²) in [6.45, 7) is 6.04. The van der Waals surface area contributed by atoms with Crippen LogP contribution in [0.25, 0.3) is 0 Å². The molecule has 0 aromatic heterocycles. The van der Waals surface area contributed by atoms with Crippen molar-refractivity contribution in [1.82, 2.24) is 4.90 Å². The fraction of sp³-hybridized carbons (Fsp3) is 0.375. The van der Waals surface area contributed by atoms with Gasteiger partial charge in [-0.15, -0.1) is 0 Å². The Morgan fingerprint density at radius 3 is 2.55 bits per heavy atom. The van der Waals surface area contributed by atoms with Crippen molar-refractivity contribution in [2.24, 2.45) is 9.98 Å². The van der Waals surface area contributed by atoms with E-state index in [0.29, 0.717) is 5.75 Å². The Morgan fingerprint density at radius 2 is 1.84 bits per heavy atom. The van der Waals surface area contributed by atoms with Gasteiger partial charge in [0.15, 0.2) is 5.66 Å². The number of halogens is 1. The lowest BCUT2D eigenvalue weighted by Crippen LogP contribution is -2.39. The van der Waals surface area contributed by atoms with E-state index < -0.39 is 0 Å². The first kappa shape index (κ1) is 22.2. The molecule has 1 saturated heterocycles. The van der Waals surface area contributed by atoms with Crippen molar-refractivity contribution in [3.63, 3.8) is 0 Å². The molecule has 2 heterocycles. The Balaban J connectivity index is 1.51. The van der Waals surface area contributed by atoms with E-state index in [1.165, 1.54) is 17.3 Å². The van der Waals surface area contributed by atoms with Crippen LogP contribution < -0.4 is 5.32 Å². The summed E-state index contributed by atoms with van der Waals surface area (Å²) in [4.78, 5) is 25.2. The molecule has 2 aromatic carbocycles. The number of hydrogen-bond donors (Lipinski definition) is 1. The first-order valence-corrected chi connectivity index (χ1v) is 12.3. The number of carbonyl (C=O) groups is 1. The number of likely N-dealkylation sites (tertiary alicyclic amines) is 1. The molecule has 31 heavy (non-hydrogen) atoms. The van der Waals surface area contributed by atoms with Gasteiger partial charge in [-0.25, -0.2) is 4.99 Å². The van der Waals surface area contributed by atoms with Crippen LogP contribution in [0.5, 0.6) is 0 Å². The maximum Gasteiger partial charge on any atom is 0.234 e. The third-order valence-corrected chi connectivity index (χ3v) is 7.45. The first-order valence-electron chi connectivity index (χ1n) is 10.5. The molecule has 0 bridgehead atoms. The minimum Gasteiger partial charge on any atom is -0.325 e. The van der Waals surface area contributed by atoms with Crippen molar-refractivity contribution in [3.05, 3.63) is 63.6 Å². The van der Waals surface area contributed by atoms with Crippen LogP contribution in [0.15, 0.2) is 56.9 Å².